The first-order chi connectivity index (χ1) is 14.7. The summed E-state index contributed by atoms with van der Waals surface area (Å²) >= 11 is 1.62. The van der Waals surface area contributed by atoms with Crippen molar-refractivity contribution in [2.45, 2.75) is 6.10 Å². The smallest absolute Gasteiger partial charge is 0.161 e. The van der Waals surface area contributed by atoms with E-state index >= 15 is 0 Å². The number of fused-ring (bicyclic) bond motifs is 2. The van der Waals surface area contributed by atoms with E-state index in [4.69, 9.17) is 14.2 Å². The van der Waals surface area contributed by atoms with Crippen LogP contribution in [0.3, 0.4) is 0 Å². The molecule has 2 aromatic carbocycles. The van der Waals surface area contributed by atoms with E-state index in [2.05, 4.69) is 32.4 Å². The van der Waals surface area contributed by atoms with Crippen molar-refractivity contribution in [3.8, 4) is 28.4 Å². The minimum Gasteiger partial charge on any atom is -0.497 e. The summed E-state index contributed by atoms with van der Waals surface area (Å²) in [5.74, 6) is 3.29. The Morgan fingerprint density at radius 2 is 1.90 bits per heavy atom. The first-order valence-corrected chi connectivity index (χ1v) is 10.6. The second-order valence-corrected chi connectivity index (χ2v) is 7.99. The average Bonchev–Trinajstić information content (AvgIpc) is 3.23. The first-order valence-electron chi connectivity index (χ1n) is 9.69. The fourth-order valence-electron chi connectivity index (χ4n) is 3.68. The normalized spacial score (nSPS) is 15.2. The molecule has 0 unspecified atom stereocenters. The minimum atomic E-state index is -0.0852. The summed E-state index contributed by atoms with van der Waals surface area (Å²) in [5.41, 5.74) is 2.23. The van der Waals surface area contributed by atoms with Gasteiger partial charge in [0.15, 0.2) is 17.6 Å². The third-order valence-electron chi connectivity index (χ3n) is 5.16. The number of thiophene rings is 1. The van der Waals surface area contributed by atoms with Gasteiger partial charge in [-0.25, -0.2) is 9.97 Å². The lowest BCUT2D eigenvalue weighted by Crippen LogP contribution is -2.39. The number of para-hydroxylation sites is 2. The van der Waals surface area contributed by atoms with Crippen LogP contribution < -0.4 is 19.1 Å². The van der Waals surface area contributed by atoms with E-state index in [1.54, 1.807) is 24.8 Å². The summed E-state index contributed by atoms with van der Waals surface area (Å²) in [6.07, 6.45) is 1.54. The molecule has 3 heterocycles. The summed E-state index contributed by atoms with van der Waals surface area (Å²) in [5, 5.41) is 3.18. The highest BCUT2D eigenvalue weighted by Gasteiger charge is 2.24. The Labute approximate surface area is 178 Å². The van der Waals surface area contributed by atoms with E-state index in [0.29, 0.717) is 13.2 Å². The molecular formula is C23H21N3O3S. The lowest BCUT2D eigenvalue weighted by molar-refractivity contribution is 0.0960. The van der Waals surface area contributed by atoms with Gasteiger partial charge in [0.1, 0.15) is 29.3 Å². The van der Waals surface area contributed by atoms with Crippen LogP contribution in [0.4, 0.5) is 5.82 Å². The Bertz CT molecular complexity index is 1180. The average molecular weight is 420 g/mol. The SMILES string of the molecule is COc1ccc(-c2csc3ncnc(N(C)C[C@@H]4COc5ccccc5O4)c23)cc1. The van der Waals surface area contributed by atoms with Crippen molar-refractivity contribution in [3.05, 3.63) is 60.2 Å². The van der Waals surface area contributed by atoms with Gasteiger partial charge >= 0.3 is 0 Å². The van der Waals surface area contributed by atoms with Crippen molar-refractivity contribution in [2.24, 2.45) is 0 Å². The predicted octanol–water partition coefficient (Wildman–Crippen LogP) is 4.64. The topological polar surface area (TPSA) is 56.7 Å². The van der Waals surface area contributed by atoms with E-state index in [0.717, 1.165) is 44.4 Å². The van der Waals surface area contributed by atoms with Crippen LogP contribution in [0.25, 0.3) is 21.3 Å². The number of methoxy groups -OCH3 is 1. The second-order valence-electron chi connectivity index (χ2n) is 7.13. The van der Waals surface area contributed by atoms with Crippen molar-refractivity contribution in [1.29, 1.82) is 0 Å². The highest BCUT2D eigenvalue weighted by molar-refractivity contribution is 7.17. The van der Waals surface area contributed by atoms with Crippen molar-refractivity contribution < 1.29 is 14.2 Å². The molecule has 5 rings (SSSR count). The molecule has 0 saturated carbocycles. The largest absolute Gasteiger partial charge is 0.497 e. The van der Waals surface area contributed by atoms with Gasteiger partial charge in [-0.15, -0.1) is 11.3 Å². The zero-order valence-electron chi connectivity index (χ0n) is 16.7. The molecule has 0 N–H and O–H groups in total. The summed E-state index contributed by atoms with van der Waals surface area (Å²) in [6.45, 7) is 1.16. The van der Waals surface area contributed by atoms with Crippen molar-refractivity contribution in [1.82, 2.24) is 9.97 Å². The Morgan fingerprint density at radius 3 is 2.70 bits per heavy atom. The third kappa shape index (κ3) is 3.41. The molecule has 0 aliphatic carbocycles. The molecule has 0 radical (unpaired) electrons. The van der Waals surface area contributed by atoms with Gasteiger partial charge in [0, 0.05) is 18.0 Å². The van der Waals surface area contributed by atoms with E-state index in [9.17, 15) is 0 Å². The van der Waals surface area contributed by atoms with Crippen LogP contribution in [0, 0.1) is 0 Å². The van der Waals surface area contributed by atoms with Gasteiger partial charge in [0.25, 0.3) is 0 Å². The Kier molecular flexibility index (Phi) is 4.88. The second kappa shape index (κ2) is 7.84. The molecule has 2 aromatic heterocycles. The third-order valence-corrected chi connectivity index (χ3v) is 6.04. The maximum absolute atomic E-state index is 6.14. The molecule has 0 saturated heterocycles. The number of rotatable bonds is 5. The molecule has 7 heteroatoms. The van der Waals surface area contributed by atoms with Crippen LogP contribution in [0.15, 0.2) is 60.2 Å². The fraction of sp³-hybridized carbons (Fsp3) is 0.217. The Morgan fingerprint density at radius 1 is 1.10 bits per heavy atom. The van der Waals surface area contributed by atoms with Gasteiger partial charge in [-0.3, -0.25) is 0 Å². The summed E-state index contributed by atoms with van der Waals surface area (Å²) in [7, 11) is 3.70. The summed E-state index contributed by atoms with van der Waals surface area (Å²) < 4.78 is 17.3. The molecule has 0 bridgehead atoms. The van der Waals surface area contributed by atoms with E-state index < -0.39 is 0 Å². The maximum Gasteiger partial charge on any atom is 0.161 e. The number of nitrogens with zero attached hydrogens (tertiary/aromatic N) is 3. The van der Waals surface area contributed by atoms with Crippen molar-refractivity contribution in [3.63, 3.8) is 0 Å². The molecule has 4 aromatic rings. The van der Waals surface area contributed by atoms with E-state index in [1.165, 1.54) is 0 Å². The zero-order valence-corrected chi connectivity index (χ0v) is 17.6. The lowest BCUT2D eigenvalue weighted by atomic mass is 10.1. The lowest BCUT2D eigenvalue weighted by Gasteiger charge is -2.30. The molecule has 30 heavy (non-hydrogen) atoms. The number of hydrogen-bond donors (Lipinski definition) is 0. The highest BCUT2D eigenvalue weighted by Crippen LogP contribution is 2.38. The molecule has 1 aliphatic heterocycles. The molecule has 1 atom stereocenters. The number of aromatic nitrogens is 2. The van der Waals surface area contributed by atoms with E-state index in [1.807, 2.05) is 43.4 Å². The van der Waals surface area contributed by atoms with Gasteiger partial charge in [0.05, 0.1) is 19.0 Å². The molecule has 0 amide bonds. The Balaban J connectivity index is 1.44. The molecule has 0 fully saturated rings. The monoisotopic (exact) mass is 419 g/mol. The quantitative estimate of drug-likeness (QED) is 0.470. The standard InChI is InChI=1S/C23H21N3O3S/c1-26(11-17-12-28-19-5-3-4-6-20(19)29-17)22-21-18(13-30-23(21)25-14-24-22)15-7-9-16(27-2)10-8-15/h3-10,13-14,17H,11-12H2,1-2H3/t17-/m1/s1. The number of benzene rings is 2. The van der Waals surface area contributed by atoms with Crippen molar-refractivity contribution >= 4 is 27.4 Å². The number of anilines is 1. The Hall–Kier alpha value is -3.32. The van der Waals surface area contributed by atoms with Gasteiger partial charge in [-0.2, -0.15) is 0 Å². The first kappa shape index (κ1) is 18.7. The fourth-order valence-corrected chi connectivity index (χ4v) is 4.59. The van der Waals surface area contributed by atoms with Gasteiger partial charge in [-0.1, -0.05) is 24.3 Å². The molecule has 152 valence electrons. The van der Waals surface area contributed by atoms with Crippen LogP contribution in [-0.4, -0.2) is 43.4 Å². The number of hydrogen-bond acceptors (Lipinski definition) is 7. The van der Waals surface area contributed by atoms with Crippen LogP contribution in [0.1, 0.15) is 0 Å². The molecule has 1 aliphatic rings. The van der Waals surface area contributed by atoms with Gasteiger partial charge in [-0.05, 0) is 29.8 Å². The van der Waals surface area contributed by atoms with Crippen LogP contribution in [0.5, 0.6) is 17.2 Å². The summed E-state index contributed by atoms with van der Waals surface area (Å²) in [6, 6.07) is 15.8. The van der Waals surface area contributed by atoms with Gasteiger partial charge < -0.3 is 19.1 Å². The zero-order chi connectivity index (χ0) is 20.5. The predicted molar refractivity (Wildman–Crippen MR) is 119 cm³/mol. The van der Waals surface area contributed by atoms with Crippen LogP contribution >= 0.6 is 11.3 Å². The van der Waals surface area contributed by atoms with Gasteiger partial charge in [0.2, 0.25) is 0 Å². The number of likely N-dealkylation sites (N-methyl/N-ethyl adjacent to an activating group) is 1. The maximum atomic E-state index is 6.14. The highest BCUT2D eigenvalue weighted by atomic mass is 32.1. The molecule has 0 spiro atoms. The summed E-state index contributed by atoms with van der Waals surface area (Å²) in [4.78, 5) is 12.2. The molecular weight excluding hydrogens is 398 g/mol. The van der Waals surface area contributed by atoms with Crippen LogP contribution in [0.2, 0.25) is 0 Å². The van der Waals surface area contributed by atoms with E-state index in [-0.39, 0.29) is 6.10 Å². The van der Waals surface area contributed by atoms with Crippen LogP contribution in [-0.2, 0) is 0 Å². The van der Waals surface area contributed by atoms with Crippen molar-refractivity contribution in [2.75, 3.05) is 32.2 Å². The minimum absolute atomic E-state index is 0.0852. The molecule has 6 nitrogen and oxygen atoms in total. The number of ether oxygens (including phenoxy) is 3.